The number of nitrogens with one attached hydrogen (secondary N) is 1. The normalized spacial score (nSPS) is 14.0. The zero-order chi connectivity index (χ0) is 49.5. The molecule has 0 radical (unpaired) electrons. The fourth-order valence-corrected chi connectivity index (χ4v) is 7.96. The minimum Gasteiger partial charge on any atom is -0.462 e. The van der Waals surface area contributed by atoms with E-state index in [1.807, 2.05) is 24.3 Å². The fraction of sp³-hybridized carbons (Fsp3) is 0.677. The van der Waals surface area contributed by atoms with E-state index in [1.54, 1.807) is 0 Å². The van der Waals surface area contributed by atoms with Crippen LogP contribution in [0.15, 0.2) is 109 Å². The molecule has 0 bridgehead atoms. The molecular weight excluding hydrogens is 839 g/mol. The molecule has 0 aliphatic rings. The van der Waals surface area contributed by atoms with Crippen LogP contribution in [-0.2, 0) is 14.3 Å². The van der Waals surface area contributed by atoms with E-state index in [0.717, 1.165) is 83.5 Å². The molecule has 68 heavy (non-hydrogen) atoms. The van der Waals surface area contributed by atoms with Crippen LogP contribution in [0.5, 0.6) is 0 Å². The Morgan fingerprint density at radius 3 is 1.34 bits per heavy atom. The SMILES string of the molecule is CC/C=C/C/C=C/C/C=C/C/C=C/C/C=C/CCC(=O)OC(CCCCC/C=C/C=C/C=C/C=C/CCCCC)CC(=O)NC(CO)C(O)CCCCCCCCCCCCCCCCCCC. The average molecular weight is 945 g/mol. The van der Waals surface area contributed by atoms with E-state index < -0.39 is 18.2 Å². The third-order valence-corrected chi connectivity index (χ3v) is 12.2. The van der Waals surface area contributed by atoms with Gasteiger partial charge in [0.25, 0.3) is 0 Å². The summed E-state index contributed by atoms with van der Waals surface area (Å²) >= 11 is 0. The molecule has 1 amide bonds. The molecule has 6 nitrogen and oxygen atoms in total. The molecular formula is C62H105NO5. The molecule has 0 rings (SSSR count). The van der Waals surface area contributed by atoms with Crippen LogP contribution in [0.3, 0.4) is 0 Å². The van der Waals surface area contributed by atoms with Gasteiger partial charge in [-0.3, -0.25) is 9.59 Å². The van der Waals surface area contributed by atoms with Gasteiger partial charge in [0.1, 0.15) is 6.10 Å². The number of carbonyl (C=O) groups is 2. The van der Waals surface area contributed by atoms with E-state index in [0.29, 0.717) is 19.3 Å². The summed E-state index contributed by atoms with van der Waals surface area (Å²) in [6, 6.07) is -0.737. The Bertz CT molecular complexity index is 1380. The average Bonchev–Trinajstić information content (AvgIpc) is 3.33. The van der Waals surface area contributed by atoms with Gasteiger partial charge in [-0.1, -0.05) is 259 Å². The Morgan fingerprint density at radius 1 is 0.456 bits per heavy atom. The second kappa shape index (κ2) is 54.5. The topological polar surface area (TPSA) is 95.9 Å². The van der Waals surface area contributed by atoms with Crippen LogP contribution < -0.4 is 5.32 Å². The smallest absolute Gasteiger partial charge is 0.306 e. The van der Waals surface area contributed by atoms with Crippen LogP contribution in [-0.4, -0.2) is 46.9 Å². The maximum Gasteiger partial charge on any atom is 0.306 e. The molecule has 0 saturated heterocycles. The first-order valence-corrected chi connectivity index (χ1v) is 28.2. The van der Waals surface area contributed by atoms with E-state index in [9.17, 15) is 19.8 Å². The molecule has 3 N–H and O–H groups in total. The number of allylic oxidation sites excluding steroid dienone is 18. The predicted octanol–water partition coefficient (Wildman–Crippen LogP) is 17.5. The van der Waals surface area contributed by atoms with Crippen molar-refractivity contribution in [2.24, 2.45) is 0 Å². The Kier molecular flexibility index (Phi) is 51.7. The lowest BCUT2D eigenvalue weighted by molar-refractivity contribution is -0.150. The van der Waals surface area contributed by atoms with E-state index >= 15 is 0 Å². The molecule has 3 atom stereocenters. The number of rotatable bonds is 49. The number of hydrogen-bond donors (Lipinski definition) is 3. The summed E-state index contributed by atoms with van der Waals surface area (Å²) in [5.41, 5.74) is 0. The molecule has 388 valence electrons. The van der Waals surface area contributed by atoms with Crippen molar-refractivity contribution >= 4 is 11.9 Å². The van der Waals surface area contributed by atoms with E-state index in [4.69, 9.17) is 4.74 Å². The molecule has 0 aromatic heterocycles. The Hall–Kier alpha value is -3.48. The number of amides is 1. The summed E-state index contributed by atoms with van der Waals surface area (Å²) in [4.78, 5) is 26.2. The van der Waals surface area contributed by atoms with Crippen molar-refractivity contribution in [2.45, 2.75) is 264 Å². The number of aliphatic hydroxyl groups is 2. The van der Waals surface area contributed by atoms with Crippen molar-refractivity contribution in [2.75, 3.05) is 6.61 Å². The second-order valence-corrected chi connectivity index (χ2v) is 18.7. The first kappa shape index (κ1) is 64.5. The van der Waals surface area contributed by atoms with Crippen LogP contribution >= 0.6 is 0 Å². The van der Waals surface area contributed by atoms with Crippen molar-refractivity contribution in [3.63, 3.8) is 0 Å². The van der Waals surface area contributed by atoms with Gasteiger partial charge in [-0.25, -0.2) is 0 Å². The molecule has 3 unspecified atom stereocenters. The molecule has 0 aliphatic heterocycles. The third kappa shape index (κ3) is 49.0. The van der Waals surface area contributed by atoms with Gasteiger partial charge >= 0.3 is 5.97 Å². The summed E-state index contributed by atoms with van der Waals surface area (Å²) < 4.78 is 5.89. The molecule has 0 heterocycles. The number of hydrogen-bond acceptors (Lipinski definition) is 5. The van der Waals surface area contributed by atoms with Crippen molar-refractivity contribution in [3.05, 3.63) is 109 Å². The Labute approximate surface area is 419 Å². The van der Waals surface area contributed by atoms with Gasteiger partial charge in [0.15, 0.2) is 0 Å². The standard InChI is InChI=1S/C62H105NO5/c1-4-7-10-13-16-19-22-25-28-31-33-36-39-42-45-48-51-54-60(65)59(57-64)63-61(66)56-58(53-50-47-44-41-38-35-32-29-26-23-20-17-14-11-8-5-2)68-62(67)55-52-49-46-43-40-37-34-30-27-24-21-18-15-12-9-6-3/h9,12,17-18,20-21,23,26-27,29-30,32,35,37-38,40,46,49,58-60,64-65H,4-8,10-11,13-16,19,22,24-25,28,31,33-34,36,39,41-45,47-48,50-57H2,1-3H3,(H,63,66)/b12-9+,20-17+,21-18+,26-23+,30-27+,32-29+,38-35+,40-37+,49-46+. The Morgan fingerprint density at radius 2 is 0.853 bits per heavy atom. The number of ether oxygens (including phenoxy) is 1. The summed E-state index contributed by atoms with van der Waals surface area (Å²) in [6.07, 6.45) is 74.4. The van der Waals surface area contributed by atoms with E-state index in [2.05, 4.69) is 111 Å². The zero-order valence-corrected chi connectivity index (χ0v) is 44.2. The zero-order valence-electron chi connectivity index (χ0n) is 44.2. The summed E-state index contributed by atoms with van der Waals surface area (Å²) in [5.74, 6) is -0.617. The first-order chi connectivity index (χ1) is 33.5. The predicted molar refractivity (Wildman–Crippen MR) is 296 cm³/mol. The van der Waals surface area contributed by atoms with Crippen LogP contribution in [0.1, 0.15) is 245 Å². The molecule has 0 aliphatic carbocycles. The molecule has 0 saturated carbocycles. The third-order valence-electron chi connectivity index (χ3n) is 12.2. The van der Waals surface area contributed by atoms with Crippen molar-refractivity contribution < 1.29 is 24.5 Å². The van der Waals surface area contributed by atoms with Gasteiger partial charge in [0, 0.05) is 6.42 Å². The van der Waals surface area contributed by atoms with Crippen LogP contribution in [0.2, 0.25) is 0 Å². The largest absolute Gasteiger partial charge is 0.462 e. The summed E-state index contributed by atoms with van der Waals surface area (Å²) in [7, 11) is 0. The molecule has 0 aromatic carbocycles. The van der Waals surface area contributed by atoms with Gasteiger partial charge in [0.05, 0.1) is 25.2 Å². The molecule has 0 fully saturated rings. The highest BCUT2D eigenvalue weighted by Crippen LogP contribution is 2.17. The van der Waals surface area contributed by atoms with Crippen molar-refractivity contribution in [3.8, 4) is 0 Å². The highest BCUT2D eigenvalue weighted by molar-refractivity contribution is 5.77. The van der Waals surface area contributed by atoms with Gasteiger partial charge in [-0.2, -0.15) is 0 Å². The van der Waals surface area contributed by atoms with Crippen molar-refractivity contribution in [1.29, 1.82) is 0 Å². The number of aliphatic hydroxyl groups excluding tert-OH is 2. The van der Waals surface area contributed by atoms with Gasteiger partial charge in [-0.15, -0.1) is 0 Å². The maximum absolute atomic E-state index is 13.3. The van der Waals surface area contributed by atoms with Gasteiger partial charge < -0.3 is 20.3 Å². The summed E-state index contributed by atoms with van der Waals surface area (Å²) in [5, 5.41) is 23.9. The minimum atomic E-state index is -0.819. The highest BCUT2D eigenvalue weighted by atomic mass is 16.5. The van der Waals surface area contributed by atoms with Crippen LogP contribution in [0.25, 0.3) is 0 Å². The lowest BCUT2D eigenvalue weighted by Crippen LogP contribution is -2.46. The van der Waals surface area contributed by atoms with E-state index in [-0.39, 0.29) is 31.3 Å². The lowest BCUT2D eigenvalue weighted by Gasteiger charge is -2.24. The highest BCUT2D eigenvalue weighted by Gasteiger charge is 2.24. The monoisotopic (exact) mass is 944 g/mol. The van der Waals surface area contributed by atoms with Crippen molar-refractivity contribution in [1.82, 2.24) is 5.32 Å². The van der Waals surface area contributed by atoms with Gasteiger partial charge in [-0.05, 0) is 83.5 Å². The molecule has 0 aromatic rings. The van der Waals surface area contributed by atoms with Gasteiger partial charge in [0.2, 0.25) is 5.91 Å². The quantitative estimate of drug-likeness (QED) is 0.0244. The maximum atomic E-state index is 13.3. The fourth-order valence-electron chi connectivity index (χ4n) is 7.96. The number of esters is 1. The number of unbranched alkanes of at least 4 members (excludes halogenated alkanes) is 22. The summed E-state index contributed by atoms with van der Waals surface area (Å²) in [6.45, 7) is 6.31. The minimum absolute atomic E-state index is 0.0158. The number of carbonyl (C=O) groups excluding carboxylic acids is 2. The second-order valence-electron chi connectivity index (χ2n) is 18.7. The van der Waals surface area contributed by atoms with Crippen LogP contribution in [0.4, 0.5) is 0 Å². The Balaban J connectivity index is 4.74. The first-order valence-electron chi connectivity index (χ1n) is 28.2. The lowest BCUT2D eigenvalue weighted by atomic mass is 10.0. The molecule has 6 heteroatoms. The molecule has 0 spiro atoms. The van der Waals surface area contributed by atoms with E-state index in [1.165, 1.54) is 109 Å². The van der Waals surface area contributed by atoms with Crippen LogP contribution in [0, 0.1) is 0 Å².